The zero-order valence-electron chi connectivity index (χ0n) is 17.8. The molecule has 2 aliphatic rings. The highest BCUT2D eigenvalue weighted by atomic mass is 32.1. The maximum absolute atomic E-state index is 12.6. The zero-order chi connectivity index (χ0) is 20.2. The quantitative estimate of drug-likeness (QED) is 0.632. The van der Waals surface area contributed by atoms with E-state index in [0.29, 0.717) is 17.9 Å². The van der Waals surface area contributed by atoms with Gasteiger partial charge in [-0.1, -0.05) is 55.2 Å². The van der Waals surface area contributed by atoms with Crippen LogP contribution in [0.3, 0.4) is 0 Å². The monoisotopic (exact) mass is 410 g/mol. The first kappa shape index (κ1) is 20.6. The minimum Gasteiger partial charge on any atom is -0.340 e. The van der Waals surface area contributed by atoms with Crippen LogP contribution in [0.25, 0.3) is 0 Å². The summed E-state index contributed by atoms with van der Waals surface area (Å²) in [5.41, 5.74) is 2.74. The lowest BCUT2D eigenvalue weighted by molar-refractivity contribution is -0.132. The molecule has 1 saturated heterocycles. The lowest BCUT2D eigenvalue weighted by Crippen LogP contribution is -2.44. The number of benzene rings is 1. The standard InChI is InChI=1S/C25H34N2OS/c1-19-10-12-21(13-11-19)25-18-26(17-24-9-6-14-29-24)15-22(25)16-27(20(2)28)23-7-4-3-5-8-23/h6,9-14,22-23,25H,3-5,7-8,15-18H2,1-2H3/t22-,25-/m1/s1. The highest BCUT2D eigenvalue weighted by Gasteiger charge is 2.37. The van der Waals surface area contributed by atoms with Crippen LogP contribution in [0.2, 0.25) is 0 Å². The number of carbonyl (C=O) groups is 1. The van der Waals surface area contributed by atoms with E-state index in [9.17, 15) is 4.79 Å². The van der Waals surface area contributed by atoms with Crippen LogP contribution < -0.4 is 0 Å². The van der Waals surface area contributed by atoms with Gasteiger partial charge in [0.2, 0.25) is 5.91 Å². The van der Waals surface area contributed by atoms with E-state index in [1.807, 2.05) is 11.3 Å². The van der Waals surface area contributed by atoms with Crippen molar-refractivity contribution in [1.29, 1.82) is 0 Å². The van der Waals surface area contributed by atoms with Crippen molar-refractivity contribution in [3.63, 3.8) is 0 Å². The fourth-order valence-electron chi connectivity index (χ4n) is 5.27. The van der Waals surface area contributed by atoms with Crippen molar-refractivity contribution in [1.82, 2.24) is 9.80 Å². The fourth-order valence-corrected chi connectivity index (χ4v) is 6.02. The van der Waals surface area contributed by atoms with Gasteiger partial charge in [-0.05, 0) is 42.7 Å². The Kier molecular flexibility index (Phi) is 6.71. The van der Waals surface area contributed by atoms with Crippen molar-refractivity contribution in [2.75, 3.05) is 19.6 Å². The van der Waals surface area contributed by atoms with Crippen LogP contribution in [0, 0.1) is 12.8 Å². The SMILES string of the molecule is CC(=O)N(C[C@H]1CN(Cc2cccs2)C[C@@H]1c1ccc(C)cc1)C1CCCCC1. The predicted octanol–water partition coefficient (Wildman–Crippen LogP) is 5.45. The van der Waals surface area contributed by atoms with Gasteiger partial charge < -0.3 is 4.90 Å². The fraction of sp³-hybridized carbons (Fsp3) is 0.560. The molecule has 4 rings (SSSR count). The molecule has 0 unspecified atom stereocenters. The maximum atomic E-state index is 12.6. The Morgan fingerprint density at radius 1 is 1.10 bits per heavy atom. The first-order valence-electron chi connectivity index (χ1n) is 11.2. The van der Waals surface area contributed by atoms with Gasteiger partial charge in [0.05, 0.1) is 0 Å². The van der Waals surface area contributed by atoms with Gasteiger partial charge in [-0.2, -0.15) is 0 Å². The lowest BCUT2D eigenvalue weighted by Gasteiger charge is -2.36. The number of aryl methyl sites for hydroxylation is 1. The molecule has 0 bridgehead atoms. The Labute approximate surface area is 179 Å². The first-order chi connectivity index (χ1) is 14.1. The average Bonchev–Trinajstić information content (AvgIpc) is 3.37. The predicted molar refractivity (Wildman–Crippen MR) is 121 cm³/mol. The Morgan fingerprint density at radius 2 is 1.86 bits per heavy atom. The van der Waals surface area contributed by atoms with Gasteiger partial charge in [0, 0.05) is 49.9 Å². The van der Waals surface area contributed by atoms with Crippen molar-refractivity contribution in [3.05, 3.63) is 57.8 Å². The molecule has 4 heteroatoms. The number of rotatable bonds is 6. The number of likely N-dealkylation sites (tertiary alicyclic amines) is 1. The van der Waals surface area contributed by atoms with Crippen molar-refractivity contribution in [3.8, 4) is 0 Å². The highest BCUT2D eigenvalue weighted by Crippen LogP contribution is 2.36. The smallest absolute Gasteiger partial charge is 0.219 e. The number of carbonyl (C=O) groups excluding carboxylic acids is 1. The van der Waals surface area contributed by atoms with Gasteiger partial charge in [0.25, 0.3) is 0 Å². The van der Waals surface area contributed by atoms with Gasteiger partial charge in [-0.15, -0.1) is 11.3 Å². The Balaban J connectivity index is 1.53. The largest absolute Gasteiger partial charge is 0.340 e. The number of amides is 1. The van der Waals surface area contributed by atoms with Crippen molar-refractivity contribution in [2.24, 2.45) is 5.92 Å². The van der Waals surface area contributed by atoms with Crippen LogP contribution in [-0.4, -0.2) is 41.4 Å². The molecule has 3 nitrogen and oxygen atoms in total. The summed E-state index contributed by atoms with van der Waals surface area (Å²) in [5, 5.41) is 2.17. The van der Waals surface area contributed by atoms with Crippen LogP contribution in [0.4, 0.5) is 0 Å². The van der Waals surface area contributed by atoms with E-state index in [1.165, 1.54) is 48.1 Å². The molecular weight excluding hydrogens is 376 g/mol. The zero-order valence-corrected chi connectivity index (χ0v) is 18.7. The van der Waals surface area contributed by atoms with E-state index in [2.05, 4.69) is 58.5 Å². The number of hydrogen-bond donors (Lipinski definition) is 0. The number of hydrogen-bond acceptors (Lipinski definition) is 3. The second-order valence-corrected chi connectivity index (χ2v) is 10.0. The number of nitrogens with zero attached hydrogens (tertiary/aromatic N) is 2. The van der Waals surface area contributed by atoms with Gasteiger partial charge in [-0.3, -0.25) is 9.69 Å². The topological polar surface area (TPSA) is 23.6 Å². The van der Waals surface area contributed by atoms with E-state index < -0.39 is 0 Å². The Bertz CT molecular complexity index is 780. The normalized spacial score (nSPS) is 23.4. The van der Waals surface area contributed by atoms with Crippen molar-refractivity contribution >= 4 is 17.2 Å². The summed E-state index contributed by atoms with van der Waals surface area (Å²) in [4.78, 5) is 18.8. The molecule has 2 aromatic rings. The third kappa shape index (κ3) is 5.10. The van der Waals surface area contributed by atoms with Gasteiger partial charge in [0.15, 0.2) is 0 Å². The third-order valence-corrected chi connectivity index (χ3v) is 7.69. The van der Waals surface area contributed by atoms with Crippen LogP contribution >= 0.6 is 11.3 Å². The molecule has 0 spiro atoms. The molecule has 0 N–H and O–H groups in total. The van der Waals surface area contributed by atoms with Crippen molar-refractivity contribution < 1.29 is 4.79 Å². The van der Waals surface area contributed by atoms with Gasteiger partial charge in [-0.25, -0.2) is 0 Å². The van der Waals surface area contributed by atoms with Crippen LogP contribution in [0.1, 0.15) is 60.9 Å². The molecule has 29 heavy (non-hydrogen) atoms. The molecule has 2 heterocycles. The second kappa shape index (κ2) is 9.44. The van der Waals surface area contributed by atoms with E-state index in [4.69, 9.17) is 0 Å². The molecule has 1 aromatic carbocycles. The Hall–Kier alpha value is -1.65. The number of thiophene rings is 1. The Morgan fingerprint density at radius 3 is 2.52 bits per heavy atom. The van der Waals surface area contributed by atoms with Crippen LogP contribution in [-0.2, 0) is 11.3 Å². The molecule has 1 aromatic heterocycles. The summed E-state index contributed by atoms with van der Waals surface area (Å²) < 4.78 is 0. The third-order valence-electron chi connectivity index (χ3n) is 6.83. The molecule has 2 atom stereocenters. The molecule has 1 amide bonds. The molecule has 2 fully saturated rings. The molecule has 1 saturated carbocycles. The van der Waals surface area contributed by atoms with Gasteiger partial charge >= 0.3 is 0 Å². The molecule has 156 valence electrons. The molecular formula is C25H34N2OS. The molecule has 1 aliphatic carbocycles. The highest BCUT2D eigenvalue weighted by molar-refractivity contribution is 7.09. The lowest BCUT2D eigenvalue weighted by atomic mass is 9.87. The van der Waals surface area contributed by atoms with E-state index in [0.717, 1.165) is 26.2 Å². The average molecular weight is 411 g/mol. The summed E-state index contributed by atoms with van der Waals surface area (Å²) in [6, 6.07) is 13.9. The van der Waals surface area contributed by atoms with Crippen LogP contribution in [0.15, 0.2) is 41.8 Å². The maximum Gasteiger partial charge on any atom is 0.219 e. The summed E-state index contributed by atoms with van der Waals surface area (Å²) in [6.45, 7) is 8.02. The van der Waals surface area contributed by atoms with Crippen molar-refractivity contribution in [2.45, 2.75) is 64.5 Å². The van der Waals surface area contributed by atoms with E-state index >= 15 is 0 Å². The second-order valence-electron chi connectivity index (χ2n) is 9.01. The van der Waals surface area contributed by atoms with E-state index in [1.54, 1.807) is 6.92 Å². The summed E-state index contributed by atoms with van der Waals surface area (Å²) in [5.74, 6) is 1.26. The minimum absolute atomic E-state index is 0.260. The summed E-state index contributed by atoms with van der Waals surface area (Å²) in [6.07, 6.45) is 6.23. The molecule has 1 aliphatic heterocycles. The minimum atomic E-state index is 0.260. The van der Waals surface area contributed by atoms with Crippen LogP contribution in [0.5, 0.6) is 0 Å². The molecule has 0 radical (unpaired) electrons. The van der Waals surface area contributed by atoms with Gasteiger partial charge in [0.1, 0.15) is 0 Å². The summed E-state index contributed by atoms with van der Waals surface area (Å²) >= 11 is 1.85. The first-order valence-corrected chi connectivity index (χ1v) is 12.1. The summed E-state index contributed by atoms with van der Waals surface area (Å²) in [7, 11) is 0. The van der Waals surface area contributed by atoms with E-state index in [-0.39, 0.29) is 5.91 Å².